The van der Waals surface area contributed by atoms with E-state index < -0.39 is 35.8 Å². The fourth-order valence-electron chi connectivity index (χ4n) is 1.64. The van der Waals surface area contributed by atoms with Crippen LogP contribution in [0.1, 0.15) is 23.7 Å². The zero-order chi connectivity index (χ0) is 16.9. The minimum atomic E-state index is -4.52. The summed E-state index contributed by atoms with van der Waals surface area (Å²) in [5.41, 5.74) is -0.993. The molecular weight excluding hydrogens is 303 g/mol. The molecule has 1 amide bonds. The minimum absolute atomic E-state index is 0.0548. The van der Waals surface area contributed by atoms with E-state index in [4.69, 9.17) is 5.11 Å². The highest BCUT2D eigenvalue weighted by Crippen LogP contribution is 2.29. The Bertz CT molecular complexity index is 554. The largest absolute Gasteiger partial charge is 0.480 e. The summed E-state index contributed by atoms with van der Waals surface area (Å²) in [6.45, 7) is 3.34. The van der Waals surface area contributed by atoms with E-state index in [0.29, 0.717) is 0 Å². The van der Waals surface area contributed by atoms with E-state index in [2.05, 4.69) is 11.9 Å². The van der Waals surface area contributed by atoms with Gasteiger partial charge in [0, 0.05) is 0 Å². The molecule has 0 aliphatic carbocycles. The standard InChI is InChI=1S/C14H14F3NO4/c1-2-3-10(13(21)22)18-12(20)11(19)8-4-6-9(7-5-8)14(15,16)17/h2,4-7,10-11,19H,1,3H2,(H,18,20)(H,21,22)/t10-,11+/m1/s1. The van der Waals surface area contributed by atoms with Crippen LogP contribution in [-0.2, 0) is 15.8 Å². The lowest BCUT2D eigenvalue weighted by atomic mass is 10.1. The molecule has 0 saturated carbocycles. The Kier molecular flexibility index (Phi) is 5.69. The Morgan fingerprint density at radius 2 is 1.82 bits per heavy atom. The molecule has 0 aliphatic rings. The van der Waals surface area contributed by atoms with Crippen molar-refractivity contribution in [3.8, 4) is 0 Å². The van der Waals surface area contributed by atoms with Gasteiger partial charge in [0.1, 0.15) is 6.04 Å². The first kappa shape index (κ1) is 17.7. The van der Waals surface area contributed by atoms with Crippen molar-refractivity contribution in [1.29, 1.82) is 0 Å². The highest BCUT2D eigenvalue weighted by atomic mass is 19.4. The van der Waals surface area contributed by atoms with Crippen LogP contribution in [0.3, 0.4) is 0 Å². The number of rotatable bonds is 6. The van der Waals surface area contributed by atoms with Gasteiger partial charge in [-0.15, -0.1) is 6.58 Å². The van der Waals surface area contributed by atoms with Crippen molar-refractivity contribution in [2.45, 2.75) is 24.7 Å². The number of carboxylic acids is 1. The van der Waals surface area contributed by atoms with Gasteiger partial charge >= 0.3 is 12.1 Å². The maximum absolute atomic E-state index is 12.4. The van der Waals surface area contributed by atoms with Crippen molar-refractivity contribution in [2.75, 3.05) is 0 Å². The number of nitrogens with one attached hydrogen (secondary N) is 1. The van der Waals surface area contributed by atoms with Gasteiger partial charge in [-0.25, -0.2) is 4.79 Å². The SMILES string of the molecule is C=CC[C@@H](NC(=O)[C@@H](O)c1ccc(C(F)(F)F)cc1)C(=O)O. The van der Waals surface area contributed by atoms with Crippen LogP contribution in [0.4, 0.5) is 13.2 Å². The number of aliphatic carboxylic acids is 1. The number of hydrogen-bond donors (Lipinski definition) is 3. The zero-order valence-corrected chi connectivity index (χ0v) is 11.3. The molecule has 0 spiro atoms. The first-order valence-electron chi connectivity index (χ1n) is 6.16. The molecule has 0 saturated heterocycles. The van der Waals surface area contributed by atoms with E-state index in [1.54, 1.807) is 0 Å². The molecule has 0 fully saturated rings. The molecule has 0 radical (unpaired) electrons. The van der Waals surface area contributed by atoms with Crippen molar-refractivity contribution >= 4 is 11.9 Å². The van der Waals surface area contributed by atoms with Crippen LogP contribution in [0.15, 0.2) is 36.9 Å². The normalized spacial score (nSPS) is 14.0. The summed E-state index contributed by atoms with van der Waals surface area (Å²) in [6.07, 6.45) is -5.07. The summed E-state index contributed by atoms with van der Waals surface area (Å²) in [6, 6.07) is 2.09. The monoisotopic (exact) mass is 317 g/mol. The number of hydrogen-bond acceptors (Lipinski definition) is 3. The number of carbonyl (C=O) groups excluding carboxylic acids is 1. The van der Waals surface area contributed by atoms with Crippen molar-refractivity contribution in [1.82, 2.24) is 5.32 Å². The Balaban J connectivity index is 2.82. The van der Waals surface area contributed by atoms with Gasteiger partial charge in [0.2, 0.25) is 0 Å². The van der Waals surface area contributed by atoms with Crippen LogP contribution in [0.5, 0.6) is 0 Å². The quantitative estimate of drug-likeness (QED) is 0.699. The maximum atomic E-state index is 12.4. The molecule has 1 aromatic carbocycles. The molecule has 5 nitrogen and oxygen atoms in total. The Hall–Kier alpha value is -2.35. The van der Waals surface area contributed by atoms with Crippen LogP contribution in [-0.4, -0.2) is 28.1 Å². The Morgan fingerprint density at radius 3 is 2.23 bits per heavy atom. The minimum Gasteiger partial charge on any atom is -0.480 e. The molecule has 2 atom stereocenters. The maximum Gasteiger partial charge on any atom is 0.416 e. The number of aliphatic hydroxyl groups excluding tert-OH is 1. The van der Waals surface area contributed by atoms with Crippen molar-refractivity contribution in [2.24, 2.45) is 0 Å². The molecule has 120 valence electrons. The fraction of sp³-hybridized carbons (Fsp3) is 0.286. The van der Waals surface area contributed by atoms with Crippen molar-refractivity contribution in [3.63, 3.8) is 0 Å². The van der Waals surface area contributed by atoms with E-state index in [-0.39, 0.29) is 12.0 Å². The van der Waals surface area contributed by atoms with Crippen LogP contribution in [0, 0.1) is 0 Å². The summed E-state index contributed by atoms with van der Waals surface area (Å²) >= 11 is 0. The predicted octanol–water partition coefficient (Wildman–Crippen LogP) is 1.88. The second-order valence-electron chi connectivity index (χ2n) is 4.45. The topological polar surface area (TPSA) is 86.6 Å². The second kappa shape index (κ2) is 7.08. The van der Waals surface area contributed by atoms with Crippen LogP contribution < -0.4 is 5.32 Å². The van der Waals surface area contributed by atoms with Gasteiger partial charge in [0.25, 0.3) is 5.91 Å². The predicted molar refractivity (Wildman–Crippen MR) is 70.8 cm³/mol. The molecule has 0 bridgehead atoms. The summed E-state index contributed by atoms with van der Waals surface area (Å²) in [4.78, 5) is 22.6. The molecule has 1 aromatic rings. The molecule has 0 aliphatic heterocycles. The molecular formula is C14H14F3NO4. The molecule has 0 unspecified atom stereocenters. The molecule has 3 N–H and O–H groups in total. The number of alkyl halides is 3. The third-order valence-electron chi connectivity index (χ3n) is 2.82. The van der Waals surface area contributed by atoms with Gasteiger partial charge < -0.3 is 15.5 Å². The van der Waals surface area contributed by atoms with Gasteiger partial charge in [0.15, 0.2) is 6.10 Å². The van der Waals surface area contributed by atoms with E-state index in [0.717, 1.165) is 24.3 Å². The average molecular weight is 317 g/mol. The van der Waals surface area contributed by atoms with E-state index in [1.165, 1.54) is 6.08 Å². The lowest BCUT2D eigenvalue weighted by molar-refractivity contribution is -0.143. The van der Waals surface area contributed by atoms with Crippen LogP contribution in [0.25, 0.3) is 0 Å². The summed E-state index contributed by atoms with van der Waals surface area (Å²) in [5, 5.41) is 20.7. The van der Waals surface area contributed by atoms with Crippen LogP contribution in [0.2, 0.25) is 0 Å². The second-order valence-corrected chi connectivity index (χ2v) is 4.45. The Morgan fingerprint density at radius 1 is 1.27 bits per heavy atom. The van der Waals surface area contributed by atoms with E-state index >= 15 is 0 Å². The third kappa shape index (κ3) is 4.59. The molecule has 1 rings (SSSR count). The lowest BCUT2D eigenvalue weighted by Gasteiger charge is -2.16. The highest BCUT2D eigenvalue weighted by molar-refractivity contribution is 5.87. The number of halogens is 3. The van der Waals surface area contributed by atoms with Gasteiger partial charge in [-0.2, -0.15) is 13.2 Å². The lowest BCUT2D eigenvalue weighted by Crippen LogP contribution is -2.42. The summed E-state index contributed by atoms with van der Waals surface area (Å²) in [5.74, 6) is -2.33. The first-order valence-corrected chi connectivity index (χ1v) is 6.16. The van der Waals surface area contributed by atoms with E-state index in [1.807, 2.05) is 0 Å². The number of aliphatic hydroxyl groups is 1. The number of amides is 1. The van der Waals surface area contributed by atoms with Crippen molar-refractivity contribution < 1.29 is 33.0 Å². The smallest absolute Gasteiger partial charge is 0.416 e. The van der Waals surface area contributed by atoms with Crippen LogP contribution >= 0.6 is 0 Å². The zero-order valence-electron chi connectivity index (χ0n) is 11.3. The molecule has 0 heterocycles. The molecule has 0 aromatic heterocycles. The van der Waals surface area contributed by atoms with Crippen molar-refractivity contribution in [3.05, 3.63) is 48.0 Å². The molecule has 8 heteroatoms. The Labute approximate surface area is 124 Å². The van der Waals surface area contributed by atoms with Gasteiger partial charge in [-0.3, -0.25) is 4.79 Å². The number of carboxylic acid groups (broad SMARTS) is 1. The summed E-state index contributed by atoms with van der Waals surface area (Å²) in [7, 11) is 0. The third-order valence-corrected chi connectivity index (χ3v) is 2.82. The van der Waals surface area contributed by atoms with Gasteiger partial charge in [-0.1, -0.05) is 18.2 Å². The van der Waals surface area contributed by atoms with Gasteiger partial charge in [0.05, 0.1) is 5.56 Å². The van der Waals surface area contributed by atoms with Gasteiger partial charge in [-0.05, 0) is 24.1 Å². The molecule has 22 heavy (non-hydrogen) atoms. The summed E-state index contributed by atoms with van der Waals surface area (Å²) < 4.78 is 37.2. The van der Waals surface area contributed by atoms with E-state index in [9.17, 15) is 27.9 Å². The highest BCUT2D eigenvalue weighted by Gasteiger charge is 2.31. The number of benzene rings is 1. The number of carbonyl (C=O) groups is 2. The fourth-order valence-corrected chi connectivity index (χ4v) is 1.64. The average Bonchev–Trinajstić information content (AvgIpc) is 2.45. The first-order chi connectivity index (χ1) is 10.2.